The summed E-state index contributed by atoms with van der Waals surface area (Å²) in [6, 6.07) is 5.83. The molecule has 90 valence electrons. The van der Waals surface area contributed by atoms with Crippen LogP contribution in [-0.2, 0) is 11.3 Å². The van der Waals surface area contributed by atoms with Crippen LogP contribution in [0, 0.1) is 6.92 Å². The number of hydrogen-bond donors (Lipinski definition) is 2. The average molecular weight is 223 g/mol. The van der Waals surface area contributed by atoms with Crippen molar-refractivity contribution in [3.63, 3.8) is 0 Å². The number of rotatable bonds is 7. The molecular weight excluding hydrogens is 202 g/mol. The van der Waals surface area contributed by atoms with E-state index in [2.05, 4.69) is 5.32 Å². The molecule has 0 atom stereocenters. The summed E-state index contributed by atoms with van der Waals surface area (Å²) < 4.78 is 4.97. The van der Waals surface area contributed by atoms with E-state index in [1.807, 2.05) is 25.1 Å². The molecule has 3 nitrogen and oxygen atoms in total. The number of aryl methyl sites for hydroxylation is 1. The summed E-state index contributed by atoms with van der Waals surface area (Å²) in [5.41, 5.74) is 1.89. The molecule has 1 aromatic carbocycles. The second kappa shape index (κ2) is 7.25. The van der Waals surface area contributed by atoms with Gasteiger partial charge >= 0.3 is 0 Å². The van der Waals surface area contributed by atoms with Crippen molar-refractivity contribution in [1.29, 1.82) is 0 Å². The van der Waals surface area contributed by atoms with Crippen molar-refractivity contribution in [3.05, 3.63) is 29.3 Å². The van der Waals surface area contributed by atoms with Gasteiger partial charge in [0.2, 0.25) is 0 Å². The number of ether oxygens (including phenoxy) is 1. The molecule has 1 rings (SSSR count). The van der Waals surface area contributed by atoms with Crippen molar-refractivity contribution < 1.29 is 9.84 Å². The number of phenolic OH excluding ortho intramolecular Hbond substituents is 1. The summed E-state index contributed by atoms with van der Waals surface area (Å²) >= 11 is 0. The molecular formula is C13H21NO2. The van der Waals surface area contributed by atoms with E-state index in [1.54, 1.807) is 7.11 Å². The van der Waals surface area contributed by atoms with Gasteiger partial charge in [0.25, 0.3) is 0 Å². The topological polar surface area (TPSA) is 41.5 Å². The first kappa shape index (κ1) is 13.0. The lowest BCUT2D eigenvalue weighted by Crippen LogP contribution is -2.15. The molecule has 3 heteroatoms. The first-order valence-corrected chi connectivity index (χ1v) is 5.73. The molecule has 0 saturated carbocycles. The third-order valence-corrected chi connectivity index (χ3v) is 2.59. The van der Waals surface area contributed by atoms with Crippen LogP contribution in [0.1, 0.15) is 24.0 Å². The number of unbranched alkanes of at least 4 members (excludes halogenated alkanes) is 1. The Balaban J connectivity index is 2.24. The van der Waals surface area contributed by atoms with Crippen LogP contribution in [0.3, 0.4) is 0 Å². The number of hydrogen-bond acceptors (Lipinski definition) is 3. The number of methoxy groups -OCH3 is 1. The Kier molecular flexibility index (Phi) is 5.90. The minimum Gasteiger partial charge on any atom is -0.507 e. The highest BCUT2D eigenvalue weighted by molar-refractivity contribution is 5.39. The van der Waals surface area contributed by atoms with Gasteiger partial charge in [0, 0.05) is 25.8 Å². The zero-order valence-electron chi connectivity index (χ0n) is 10.1. The Labute approximate surface area is 97.4 Å². The highest BCUT2D eigenvalue weighted by atomic mass is 16.5. The number of nitrogens with one attached hydrogen (secondary N) is 1. The number of benzene rings is 1. The van der Waals surface area contributed by atoms with Gasteiger partial charge in [0.05, 0.1) is 0 Å². The lowest BCUT2D eigenvalue weighted by atomic mass is 10.1. The highest BCUT2D eigenvalue weighted by Gasteiger charge is 2.02. The van der Waals surface area contributed by atoms with E-state index in [0.29, 0.717) is 5.75 Å². The molecule has 16 heavy (non-hydrogen) atoms. The second-order valence-corrected chi connectivity index (χ2v) is 3.96. The monoisotopic (exact) mass is 223 g/mol. The Morgan fingerprint density at radius 3 is 2.88 bits per heavy atom. The zero-order valence-corrected chi connectivity index (χ0v) is 10.1. The fourth-order valence-corrected chi connectivity index (χ4v) is 1.58. The second-order valence-electron chi connectivity index (χ2n) is 3.96. The van der Waals surface area contributed by atoms with Gasteiger partial charge in [0.1, 0.15) is 5.75 Å². The maximum atomic E-state index is 9.78. The molecule has 0 spiro atoms. The maximum absolute atomic E-state index is 9.78. The summed E-state index contributed by atoms with van der Waals surface area (Å²) in [5.74, 6) is 0.409. The van der Waals surface area contributed by atoms with E-state index in [0.717, 1.165) is 43.7 Å². The Morgan fingerprint density at radius 2 is 2.12 bits per heavy atom. The molecule has 1 aromatic rings. The maximum Gasteiger partial charge on any atom is 0.122 e. The van der Waals surface area contributed by atoms with Gasteiger partial charge in [-0.15, -0.1) is 0 Å². The number of aromatic hydroxyl groups is 1. The number of para-hydroxylation sites is 1. The first-order chi connectivity index (χ1) is 7.75. The van der Waals surface area contributed by atoms with E-state index < -0.39 is 0 Å². The standard InChI is InChI=1S/C13H21NO2/c1-11-6-5-7-12(13(11)15)10-14-8-3-4-9-16-2/h5-7,14-15H,3-4,8-10H2,1-2H3. The third-order valence-electron chi connectivity index (χ3n) is 2.59. The minimum absolute atomic E-state index is 0.409. The first-order valence-electron chi connectivity index (χ1n) is 5.73. The zero-order chi connectivity index (χ0) is 11.8. The molecule has 0 aliphatic heterocycles. The molecule has 0 fully saturated rings. The van der Waals surface area contributed by atoms with E-state index in [4.69, 9.17) is 4.74 Å². The van der Waals surface area contributed by atoms with Gasteiger partial charge in [-0.2, -0.15) is 0 Å². The molecule has 0 radical (unpaired) electrons. The normalized spacial score (nSPS) is 10.6. The fourth-order valence-electron chi connectivity index (χ4n) is 1.58. The number of phenols is 1. The molecule has 0 saturated heterocycles. The van der Waals surface area contributed by atoms with Crippen LogP contribution in [0.4, 0.5) is 0 Å². The summed E-state index contributed by atoms with van der Waals surface area (Å²) in [6.45, 7) is 4.41. The van der Waals surface area contributed by atoms with Gasteiger partial charge in [0.15, 0.2) is 0 Å². The van der Waals surface area contributed by atoms with Crippen molar-refractivity contribution in [1.82, 2.24) is 5.32 Å². The van der Waals surface area contributed by atoms with Gasteiger partial charge in [-0.25, -0.2) is 0 Å². The van der Waals surface area contributed by atoms with Crippen LogP contribution < -0.4 is 5.32 Å². The van der Waals surface area contributed by atoms with Crippen LogP contribution in [-0.4, -0.2) is 25.4 Å². The van der Waals surface area contributed by atoms with Crippen LogP contribution >= 0.6 is 0 Å². The van der Waals surface area contributed by atoms with Gasteiger partial charge < -0.3 is 15.2 Å². The molecule has 0 unspecified atom stereocenters. The molecule has 0 heterocycles. The van der Waals surface area contributed by atoms with Crippen molar-refractivity contribution in [2.75, 3.05) is 20.3 Å². The van der Waals surface area contributed by atoms with Crippen molar-refractivity contribution in [2.45, 2.75) is 26.3 Å². The van der Waals surface area contributed by atoms with Crippen LogP contribution in [0.5, 0.6) is 5.75 Å². The predicted octanol–water partition coefficient (Wildman–Crippen LogP) is 2.22. The molecule has 0 amide bonds. The molecule has 0 aliphatic rings. The summed E-state index contributed by atoms with van der Waals surface area (Å²) in [7, 11) is 1.72. The molecule has 0 aliphatic carbocycles. The lowest BCUT2D eigenvalue weighted by molar-refractivity contribution is 0.192. The van der Waals surface area contributed by atoms with Gasteiger partial charge in [-0.05, 0) is 31.9 Å². The van der Waals surface area contributed by atoms with Gasteiger partial charge in [-0.1, -0.05) is 18.2 Å². The van der Waals surface area contributed by atoms with Crippen LogP contribution in [0.2, 0.25) is 0 Å². The smallest absolute Gasteiger partial charge is 0.122 e. The Morgan fingerprint density at radius 1 is 1.31 bits per heavy atom. The minimum atomic E-state index is 0.409. The van der Waals surface area contributed by atoms with E-state index in [9.17, 15) is 5.11 Å². The van der Waals surface area contributed by atoms with E-state index in [-0.39, 0.29) is 0 Å². The third kappa shape index (κ3) is 4.21. The van der Waals surface area contributed by atoms with Crippen LogP contribution in [0.25, 0.3) is 0 Å². The Hall–Kier alpha value is -1.06. The van der Waals surface area contributed by atoms with Crippen molar-refractivity contribution in [3.8, 4) is 5.75 Å². The summed E-state index contributed by atoms with van der Waals surface area (Å²) in [6.07, 6.45) is 2.17. The van der Waals surface area contributed by atoms with Gasteiger partial charge in [-0.3, -0.25) is 0 Å². The fraction of sp³-hybridized carbons (Fsp3) is 0.538. The molecule has 0 aromatic heterocycles. The summed E-state index contributed by atoms with van der Waals surface area (Å²) in [5, 5.41) is 13.1. The van der Waals surface area contributed by atoms with Crippen molar-refractivity contribution in [2.24, 2.45) is 0 Å². The largest absolute Gasteiger partial charge is 0.507 e. The van der Waals surface area contributed by atoms with Crippen molar-refractivity contribution >= 4 is 0 Å². The average Bonchev–Trinajstić information content (AvgIpc) is 2.29. The molecule has 2 N–H and O–H groups in total. The lowest BCUT2D eigenvalue weighted by Gasteiger charge is -2.08. The van der Waals surface area contributed by atoms with E-state index >= 15 is 0 Å². The van der Waals surface area contributed by atoms with E-state index in [1.165, 1.54) is 0 Å². The van der Waals surface area contributed by atoms with Crippen LogP contribution in [0.15, 0.2) is 18.2 Å². The summed E-state index contributed by atoms with van der Waals surface area (Å²) in [4.78, 5) is 0. The highest BCUT2D eigenvalue weighted by Crippen LogP contribution is 2.20. The Bertz CT molecular complexity index is 313. The SMILES string of the molecule is COCCCCNCc1cccc(C)c1O. The molecule has 0 bridgehead atoms. The predicted molar refractivity (Wildman–Crippen MR) is 65.7 cm³/mol. The quantitative estimate of drug-likeness (QED) is 0.696.